The van der Waals surface area contributed by atoms with E-state index in [1.54, 1.807) is 6.92 Å². The minimum Gasteiger partial charge on any atom is -0.442 e. The second-order valence-corrected chi connectivity index (χ2v) is 4.26. The summed E-state index contributed by atoms with van der Waals surface area (Å²) in [6.45, 7) is 6.81. The molecule has 0 radical (unpaired) electrons. The predicted molar refractivity (Wildman–Crippen MR) is 72.9 cm³/mol. The van der Waals surface area contributed by atoms with Crippen molar-refractivity contribution in [2.24, 2.45) is 0 Å². The van der Waals surface area contributed by atoms with E-state index in [1.165, 1.54) is 6.92 Å². The van der Waals surface area contributed by atoms with Gasteiger partial charge in [0.1, 0.15) is 0 Å². The second kappa shape index (κ2) is 6.07. The molecule has 0 aliphatic carbocycles. The quantitative estimate of drug-likeness (QED) is 0.450. The van der Waals surface area contributed by atoms with E-state index in [-0.39, 0.29) is 5.97 Å². The van der Waals surface area contributed by atoms with Crippen LogP contribution in [0.4, 0.5) is 0 Å². The first kappa shape index (κ1) is 14.1. The van der Waals surface area contributed by atoms with Crippen LogP contribution in [0.15, 0.2) is 36.9 Å². The molecule has 0 heterocycles. The molecule has 0 fully saturated rings. The topological polar surface area (TPSA) is 26.3 Å². The second-order valence-electron chi connectivity index (χ2n) is 4.26. The average Bonchev–Trinajstić information content (AvgIpc) is 2.35. The Kier molecular flexibility index (Phi) is 4.74. The Labute approximate surface area is 109 Å². The van der Waals surface area contributed by atoms with Gasteiger partial charge in [0.25, 0.3) is 0 Å². The normalized spacial score (nSPS) is 13.2. The largest absolute Gasteiger partial charge is 0.442 e. The van der Waals surface area contributed by atoms with Crippen LogP contribution in [-0.4, -0.2) is 5.97 Å². The Hall–Kier alpha value is -2.01. The zero-order valence-electron chi connectivity index (χ0n) is 10.9. The molecule has 0 spiro atoms. The number of terminal acetylenes is 1. The lowest BCUT2D eigenvalue weighted by Gasteiger charge is -2.26. The Morgan fingerprint density at radius 2 is 2.22 bits per heavy atom. The molecule has 1 unspecified atom stereocenters. The van der Waals surface area contributed by atoms with Crippen LogP contribution in [0, 0.1) is 12.3 Å². The molecule has 0 saturated heterocycles. The zero-order valence-corrected chi connectivity index (χ0v) is 10.9. The van der Waals surface area contributed by atoms with Gasteiger partial charge < -0.3 is 4.74 Å². The molecule has 0 bridgehead atoms. The lowest BCUT2D eigenvalue weighted by atomic mass is 9.90. The summed E-state index contributed by atoms with van der Waals surface area (Å²) in [6.07, 6.45) is 9.08. The van der Waals surface area contributed by atoms with Crippen molar-refractivity contribution in [1.82, 2.24) is 0 Å². The van der Waals surface area contributed by atoms with Crippen LogP contribution >= 0.6 is 0 Å². The number of esters is 1. The Balaban J connectivity index is 3.16. The minimum atomic E-state index is -1.01. The van der Waals surface area contributed by atoms with E-state index >= 15 is 0 Å². The Morgan fingerprint density at radius 1 is 1.56 bits per heavy atom. The number of carbonyl (C=O) groups is 1. The summed E-state index contributed by atoms with van der Waals surface area (Å²) in [5.41, 5.74) is 0.938. The Bertz CT molecular complexity index is 482. The van der Waals surface area contributed by atoms with E-state index in [4.69, 9.17) is 11.2 Å². The lowest BCUT2D eigenvalue weighted by Crippen LogP contribution is -2.27. The number of hydrogen-bond donors (Lipinski definition) is 0. The first-order valence-corrected chi connectivity index (χ1v) is 5.90. The molecule has 1 aromatic carbocycles. The maximum Gasteiger partial charge on any atom is 0.304 e. The van der Waals surface area contributed by atoms with E-state index in [0.29, 0.717) is 0 Å². The van der Waals surface area contributed by atoms with Crippen molar-refractivity contribution >= 4 is 5.97 Å². The highest BCUT2D eigenvalue weighted by atomic mass is 16.6. The van der Waals surface area contributed by atoms with Crippen LogP contribution in [0.5, 0.6) is 0 Å². The van der Waals surface area contributed by atoms with Gasteiger partial charge in [-0.05, 0) is 25.3 Å². The van der Waals surface area contributed by atoms with Gasteiger partial charge in [0.05, 0.1) is 0 Å². The van der Waals surface area contributed by atoms with Crippen molar-refractivity contribution in [3.63, 3.8) is 0 Å². The molecule has 0 aliphatic rings. The fraction of sp³-hybridized carbons (Fsp3) is 0.312. The van der Waals surface area contributed by atoms with Gasteiger partial charge in [-0.15, -0.1) is 13.0 Å². The summed E-state index contributed by atoms with van der Waals surface area (Å²) in [6, 6.07) is 7.75. The molecule has 0 N–H and O–H groups in total. The molecule has 1 atom stereocenters. The molecule has 0 amide bonds. The standard InChI is InChI=1S/C16H18O2/c1-5-7-10-14-11-8-9-12-15(14)16(4,6-2)18-13(3)17/h2,5,8-9,11-12H,1,7,10H2,3-4H3. The molecule has 1 rings (SSSR count). The van der Waals surface area contributed by atoms with Gasteiger partial charge in [0.2, 0.25) is 0 Å². The van der Waals surface area contributed by atoms with Crippen LogP contribution in [0.2, 0.25) is 0 Å². The van der Waals surface area contributed by atoms with Gasteiger partial charge in [0.15, 0.2) is 5.60 Å². The SMILES string of the molecule is C#CC(C)(OC(C)=O)c1ccccc1CCC=C. The van der Waals surface area contributed by atoms with Crippen molar-refractivity contribution in [1.29, 1.82) is 0 Å². The maximum absolute atomic E-state index is 11.2. The summed E-state index contributed by atoms with van der Waals surface area (Å²) in [5, 5.41) is 0. The van der Waals surface area contributed by atoms with Crippen molar-refractivity contribution in [3.05, 3.63) is 48.0 Å². The first-order valence-electron chi connectivity index (χ1n) is 5.90. The number of allylic oxidation sites excluding steroid dienone is 1. The fourth-order valence-electron chi connectivity index (χ4n) is 1.91. The summed E-state index contributed by atoms with van der Waals surface area (Å²) in [7, 11) is 0. The summed E-state index contributed by atoms with van der Waals surface area (Å²) in [5.74, 6) is 2.19. The van der Waals surface area contributed by atoms with Gasteiger partial charge in [-0.2, -0.15) is 0 Å². The maximum atomic E-state index is 11.2. The number of rotatable bonds is 5. The highest BCUT2D eigenvalue weighted by Gasteiger charge is 2.29. The van der Waals surface area contributed by atoms with Crippen molar-refractivity contribution in [2.45, 2.75) is 32.3 Å². The van der Waals surface area contributed by atoms with E-state index < -0.39 is 5.60 Å². The van der Waals surface area contributed by atoms with E-state index in [2.05, 4.69) is 12.5 Å². The van der Waals surface area contributed by atoms with Gasteiger partial charge in [-0.1, -0.05) is 36.3 Å². The van der Waals surface area contributed by atoms with Crippen molar-refractivity contribution in [2.75, 3.05) is 0 Å². The van der Waals surface area contributed by atoms with E-state index in [1.807, 2.05) is 30.3 Å². The number of hydrogen-bond acceptors (Lipinski definition) is 2. The third-order valence-corrected chi connectivity index (χ3v) is 2.77. The third kappa shape index (κ3) is 3.24. The van der Waals surface area contributed by atoms with Crippen molar-refractivity contribution < 1.29 is 9.53 Å². The monoisotopic (exact) mass is 242 g/mol. The highest BCUT2D eigenvalue weighted by molar-refractivity contribution is 5.67. The van der Waals surface area contributed by atoms with Crippen LogP contribution < -0.4 is 0 Å². The van der Waals surface area contributed by atoms with E-state index in [0.717, 1.165) is 24.0 Å². The molecule has 0 aromatic heterocycles. The smallest absolute Gasteiger partial charge is 0.304 e. The molecule has 2 nitrogen and oxygen atoms in total. The van der Waals surface area contributed by atoms with Crippen molar-refractivity contribution in [3.8, 4) is 12.3 Å². The summed E-state index contributed by atoms with van der Waals surface area (Å²) >= 11 is 0. The van der Waals surface area contributed by atoms with Crippen LogP contribution in [-0.2, 0) is 21.6 Å². The predicted octanol–water partition coefficient (Wildman–Crippen LogP) is 3.22. The van der Waals surface area contributed by atoms with Crippen LogP contribution in [0.3, 0.4) is 0 Å². The molecule has 2 heteroatoms. The average molecular weight is 242 g/mol. The fourth-order valence-corrected chi connectivity index (χ4v) is 1.91. The summed E-state index contributed by atoms with van der Waals surface area (Å²) in [4.78, 5) is 11.2. The molecular weight excluding hydrogens is 224 g/mol. The number of benzene rings is 1. The number of ether oxygens (including phenoxy) is 1. The van der Waals surface area contributed by atoms with Gasteiger partial charge in [0, 0.05) is 12.5 Å². The number of aryl methyl sites for hydroxylation is 1. The third-order valence-electron chi connectivity index (χ3n) is 2.77. The van der Waals surface area contributed by atoms with Gasteiger partial charge in [-0.3, -0.25) is 4.79 Å². The zero-order chi connectivity index (χ0) is 13.6. The molecular formula is C16H18O2. The highest BCUT2D eigenvalue weighted by Crippen LogP contribution is 2.28. The first-order chi connectivity index (χ1) is 8.53. The van der Waals surface area contributed by atoms with E-state index in [9.17, 15) is 4.79 Å². The minimum absolute atomic E-state index is 0.381. The molecule has 0 aliphatic heterocycles. The molecule has 94 valence electrons. The van der Waals surface area contributed by atoms with Gasteiger partial charge in [-0.25, -0.2) is 0 Å². The number of carbonyl (C=O) groups excluding carboxylic acids is 1. The summed E-state index contributed by atoms with van der Waals surface area (Å²) < 4.78 is 5.29. The lowest BCUT2D eigenvalue weighted by molar-refractivity contribution is -0.151. The molecule has 0 saturated carbocycles. The molecule has 18 heavy (non-hydrogen) atoms. The van der Waals surface area contributed by atoms with Crippen LogP contribution in [0.25, 0.3) is 0 Å². The molecule has 1 aromatic rings. The van der Waals surface area contributed by atoms with Gasteiger partial charge >= 0.3 is 5.97 Å². The Morgan fingerprint density at radius 3 is 2.78 bits per heavy atom. The van der Waals surface area contributed by atoms with Crippen LogP contribution in [0.1, 0.15) is 31.4 Å².